The van der Waals surface area contributed by atoms with Gasteiger partial charge in [0.15, 0.2) is 0 Å². The maximum absolute atomic E-state index is 11.7. The topological polar surface area (TPSA) is 37.8 Å². The number of rotatable bonds is 4. The number of hydrogen-bond donors (Lipinski definition) is 1. The highest BCUT2D eigenvalue weighted by molar-refractivity contribution is 6.31. The first-order chi connectivity index (χ1) is 8.24. The zero-order valence-corrected chi connectivity index (χ0v) is 10.4. The monoisotopic (exact) mass is 250 g/mol. The second kappa shape index (κ2) is 5.23. The lowest BCUT2D eigenvalue weighted by Crippen LogP contribution is -2.22. The molecule has 0 fully saturated rings. The van der Waals surface area contributed by atoms with E-state index in [2.05, 4.69) is 11.9 Å². The van der Waals surface area contributed by atoms with E-state index >= 15 is 0 Å². The van der Waals surface area contributed by atoms with E-state index in [4.69, 9.17) is 11.6 Å². The van der Waals surface area contributed by atoms with Crippen molar-refractivity contribution in [1.29, 1.82) is 0 Å². The third-order valence-electron chi connectivity index (χ3n) is 2.84. The summed E-state index contributed by atoms with van der Waals surface area (Å²) in [4.78, 5) is 14.3. The molecular formula is C13H15ClN2O. The zero-order chi connectivity index (χ0) is 12.3. The van der Waals surface area contributed by atoms with Crippen molar-refractivity contribution in [2.45, 2.75) is 25.8 Å². The lowest BCUT2D eigenvalue weighted by atomic mass is 10.0. The molecule has 2 aromatic rings. The number of hydrogen-bond acceptors (Lipinski definition) is 1. The Labute approximate surface area is 105 Å². The molecule has 1 atom stereocenters. The Balaban J connectivity index is 2.47. The van der Waals surface area contributed by atoms with Crippen LogP contribution in [0.4, 0.5) is 0 Å². The van der Waals surface area contributed by atoms with Gasteiger partial charge in [-0.25, -0.2) is 4.79 Å². The molecule has 0 aliphatic rings. The van der Waals surface area contributed by atoms with E-state index < -0.39 is 0 Å². The van der Waals surface area contributed by atoms with Crippen molar-refractivity contribution in [3.63, 3.8) is 0 Å². The Kier molecular flexibility index (Phi) is 3.69. The number of nitrogens with one attached hydrogen (secondary N) is 1. The van der Waals surface area contributed by atoms with E-state index in [1.54, 1.807) is 17.0 Å². The summed E-state index contributed by atoms with van der Waals surface area (Å²) in [5, 5.41) is 0.707. The highest BCUT2D eigenvalue weighted by Crippen LogP contribution is 2.28. The lowest BCUT2D eigenvalue weighted by molar-refractivity contribution is 0.519. The Morgan fingerprint density at radius 2 is 2.18 bits per heavy atom. The predicted octanol–water partition coefficient (Wildman–Crippen LogP) is 3.22. The van der Waals surface area contributed by atoms with Crippen LogP contribution in [0.2, 0.25) is 5.02 Å². The van der Waals surface area contributed by atoms with Gasteiger partial charge in [0, 0.05) is 17.4 Å². The molecule has 1 N–H and O–H groups in total. The first-order valence-electron chi connectivity index (χ1n) is 5.74. The van der Waals surface area contributed by atoms with Crippen LogP contribution in [0.25, 0.3) is 0 Å². The van der Waals surface area contributed by atoms with Crippen molar-refractivity contribution in [2.75, 3.05) is 0 Å². The van der Waals surface area contributed by atoms with Crippen molar-refractivity contribution < 1.29 is 0 Å². The molecule has 4 heteroatoms. The Hall–Kier alpha value is -1.48. The average Bonchev–Trinajstić information content (AvgIpc) is 2.74. The van der Waals surface area contributed by atoms with Crippen LogP contribution in [-0.2, 0) is 0 Å². The number of aromatic nitrogens is 2. The SMILES string of the molecule is CCCC(c1ccccc1Cl)n1cc[nH]c1=O. The molecule has 0 aliphatic heterocycles. The summed E-state index contributed by atoms with van der Waals surface area (Å²) in [5.74, 6) is 0. The fraction of sp³-hybridized carbons (Fsp3) is 0.308. The van der Waals surface area contributed by atoms with Crippen molar-refractivity contribution in [3.05, 3.63) is 57.7 Å². The van der Waals surface area contributed by atoms with E-state index in [-0.39, 0.29) is 11.7 Å². The van der Waals surface area contributed by atoms with Crippen molar-refractivity contribution in [1.82, 2.24) is 9.55 Å². The lowest BCUT2D eigenvalue weighted by Gasteiger charge is -2.18. The smallest absolute Gasteiger partial charge is 0.313 e. The summed E-state index contributed by atoms with van der Waals surface area (Å²) in [6.07, 6.45) is 5.31. The highest BCUT2D eigenvalue weighted by Gasteiger charge is 2.16. The van der Waals surface area contributed by atoms with Crippen LogP contribution in [0.3, 0.4) is 0 Å². The van der Waals surface area contributed by atoms with Gasteiger partial charge in [0.05, 0.1) is 6.04 Å². The minimum atomic E-state index is -0.0941. The predicted molar refractivity (Wildman–Crippen MR) is 69.6 cm³/mol. The van der Waals surface area contributed by atoms with Crippen LogP contribution in [0.15, 0.2) is 41.5 Å². The summed E-state index contributed by atoms with van der Waals surface area (Å²) in [7, 11) is 0. The van der Waals surface area contributed by atoms with E-state index in [1.807, 2.05) is 24.3 Å². The first kappa shape index (κ1) is 12.0. The van der Waals surface area contributed by atoms with Gasteiger partial charge in [-0.2, -0.15) is 0 Å². The quantitative estimate of drug-likeness (QED) is 0.889. The second-order valence-electron chi connectivity index (χ2n) is 4.00. The number of aromatic amines is 1. The molecule has 3 nitrogen and oxygen atoms in total. The van der Waals surface area contributed by atoms with Crippen molar-refractivity contribution in [2.24, 2.45) is 0 Å². The molecule has 1 unspecified atom stereocenters. The largest absolute Gasteiger partial charge is 0.326 e. The van der Waals surface area contributed by atoms with Gasteiger partial charge in [-0.1, -0.05) is 43.1 Å². The molecule has 0 bridgehead atoms. The fourth-order valence-electron chi connectivity index (χ4n) is 2.04. The van der Waals surface area contributed by atoms with Crippen molar-refractivity contribution >= 4 is 11.6 Å². The van der Waals surface area contributed by atoms with Gasteiger partial charge in [0.2, 0.25) is 0 Å². The summed E-state index contributed by atoms with van der Waals surface area (Å²) < 4.78 is 1.70. The molecule has 1 aromatic heterocycles. The van der Waals surface area contributed by atoms with E-state index in [1.165, 1.54) is 0 Å². The molecule has 0 aliphatic carbocycles. The maximum atomic E-state index is 11.7. The van der Waals surface area contributed by atoms with Crippen LogP contribution in [0, 0.1) is 0 Å². The number of imidazole rings is 1. The molecule has 1 heterocycles. The van der Waals surface area contributed by atoms with Crippen LogP contribution >= 0.6 is 11.6 Å². The Morgan fingerprint density at radius 3 is 2.76 bits per heavy atom. The summed E-state index contributed by atoms with van der Waals surface area (Å²) >= 11 is 6.20. The summed E-state index contributed by atoms with van der Waals surface area (Å²) in [6.45, 7) is 2.10. The number of benzene rings is 1. The molecule has 90 valence electrons. The molecule has 1 aromatic carbocycles. The number of H-pyrrole nitrogens is 1. The highest BCUT2D eigenvalue weighted by atomic mass is 35.5. The maximum Gasteiger partial charge on any atom is 0.326 e. The molecule has 0 amide bonds. The molecule has 17 heavy (non-hydrogen) atoms. The van der Waals surface area contributed by atoms with E-state index in [0.717, 1.165) is 18.4 Å². The number of nitrogens with zero attached hydrogens (tertiary/aromatic N) is 1. The first-order valence-corrected chi connectivity index (χ1v) is 6.11. The third-order valence-corrected chi connectivity index (χ3v) is 3.18. The van der Waals surface area contributed by atoms with Crippen LogP contribution in [0.5, 0.6) is 0 Å². The minimum absolute atomic E-state index is 0.00690. The Morgan fingerprint density at radius 1 is 1.41 bits per heavy atom. The molecule has 0 saturated carbocycles. The van der Waals surface area contributed by atoms with Gasteiger partial charge >= 0.3 is 5.69 Å². The summed E-state index contributed by atoms with van der Waals surface area (Å²) in [5.41, 5.74) is 0.904. The Bertz CT molecular complexity index is 544. The third kappa shape index (κ3) is 2.44. The normalized spacial score (nSPS) is 12.6. The standard InChI is InChI=1S/C13H15ClN2O/c1-2-5-12(16-9-8-15-13(16)17)10-6-3-4-7-11(10)14/h3-4,6-9,12H,2,5H2,1H3,(H,15,17). The van der Waals surface area contributed by atoms with Gasteiger partial charge < -0.3 is 4.98 Å². The molecule has 0 radical (unpaired) electrons. The van der Waals surface area contributed by atoms with E-state index in [0.29, 0.717) is 5.02 Å². The zero-order valence-electron chi connectivity index (χ0n) is 9.69. The molecule has 0 spiro atoms. The van der Waals surface area contributed by atoms with E-state index in [9.17, 15) is 4.79 Å². The van der Waals surface area contributed by atoms with Gasteiger partial charge in [-0.15, -0.1) is 0 Å². The fourth-order valence-corrected chi connectivity index (χ4v) is 2.30. The minimum Gasteiger partial charge on any atom is -0.313 e. The molecular weight excluding hydrogens is 236 g/mol. The average molecular weight is 251 g/mol. The summed E-state index contributed by atoms with van der Waals surface area (Å²) in [6, 6.07) is 7.68. The van der Waals surface area contributed by atoms with Crippen LogP contribution in [-0.4, -0.2) is 9.55 Å². The van der Waals surface area contributed by atoms with Crippen molar-refractivity contribution in [3.8, 4) is 0 Å². The van der Waals surface area contributed by atoms with Gasteiger partial charge in [0.1, 0.15) is 0 Å². The van der Waals surface area contributed by atoms with Crippen LogP contribution in [0.1, 0.15) is 31.4 Å². The van der Waals surface area contributed by atoms with Gasteiger partial charge in [-0.3, -0.25) is 4.57 Å². The molecule has 0 saturated heterocycles. The molecule has 2 rings (SSSR count). The van der Waals surface area contributed by atoms with Crippen LogP contribution < -0.4 is 5.69 Å². The number of halogens is 1. The second-order valence-corrected chi connectivity index (χ2v) is 4.41. The van der Waals surface area contributed by atoms with Gasteiger partial charge in [-0.05, 0) is 18.1 Å². The van der Waals surface area contributed by atoms with Gasteiger partial charge in [0.25, 0.3) is 0 Å².